The van der Waals surface area contributed by atoms with Crippen LogP contribution in [-0.4, -0.2) is 40.2 Å². The number of fused-ring (bicyclic) bond motifs is 2. The lowest BCUT2D eigenvalue weighted by Gasteiger charge is -2.23. The molecule has 2 N–H and O–H groups in total. The maximum Gasteiger partial charge on any atom is 0.151 e. The second kappa shape index (κ2) is 10.4. The first-order chi connectivity index (χ1) is 21.5. The van der Waals surface area contributed by atoms with Crippen molar-refractivity contribution in [2.75, 3.05) is 0 Å². The molecular formula is C38H44N6O2. The Morgan fingerprint density at radius 1 is 0.304 bits per heavy atom. The fraction of sp³-hybridized carbons (Fsp3) is 0.368. The Morgan fingerprint density at radius 2 is 0.522 bits per heavy atom. The smallest absolute Gasteiger partial charge is 0.151 e. The molecule has 8 nitrogen and oxygen atoms in total. The van der Waals surface area contributed by atoms with E-state index in [0.717, 1.165) is 77.7 Å². The van der Waals surface area contributed by atoms with Gasteiger partial charge in [0, 0.05) is 11.1 Å². The zero-order valence-corrected chi connectivity index (χ0v) is 29.6. The highest BCUT2D eigenvalue weighted by Gasteiger charge is 2.29. The summed E-state index contributed by atoms with van der Waals surface area (Å²) in [7, 11) is 0. The molecule has 0 aliphatic carbocycles. The largest absolute Gasteiger partial charge is 0.505 e. The van der Waals surface area contributed by atoms with E-state index in [-0.39, 0.29) is 11.5 Å². The van der Waals surface area contributed by atoms with Crippen LogP contribution in [0, 0.1) is 96.9 Å². The van der Waals surface area contributed by atoms with Gasteiger partial charge in [-0.05, 0) is 175 Å². The summed E-state index contributed by atoms with van der Waals surface area (Å²) in [5.41, 5.74) is 19.9. The number of aromatic nitrogens is 6. The van der Waals surface area contributed by atoms with Crippen LogP contribution in [0.15, 0.2) is 0 Å². The van der Waals surface area contributed by atoms with Crippen LogP contribution in [0.25, 0.3) is 44.6 Å². The lowest BCUT2D eigenvalue weighted by Crippen LogP contribution is -2.09. The van der Waals surface area contributed by atoms with Crippen LogP contribution in [0.5, 0.6) is 11.5 Å². The molecule has 0 saturated heterocycles. The highest BCUT2D eigenvalue weighted by Crippen LogP contribution is 2.49. The van der Waals surface area contributed by atoms with E-state index in [0.29, 0.717) is 22.5 Å². The molecule has 6 rings (SSSR count). The van der Waals surface area contributed by atoms with Crippen molar-refractivity contribution in [1.82, 2.24) is 30.0 Å². The van der Waals surface area contributed by atoms with Crippen LogP contribution in [0.1, 0.15) is 77.9 Å². The summed E-state index contributed by atoms with van der Waals surface area (Å²) in [4.78, 5) is 3.13. The predicted molar refractivity (Wildman–Crippen MR) is 186 cm³/mol. The average molecular weight is 617 g/mol. The van der Waals surface area contributed by atoms with Gasteiger partial charge in [-0.2, -0.15) is 0 Å². The van der Waals surface area contributed by atoms with E-state index in [1.807, 2.05) is 41.5 Å². The van der Waals surface area contributed by atoms with E-state index < -0.39 is 0 Å². The van der Waals surface area contributed by atoms with Crippen molar-refractivity contribution in [3.63, 3.8) is 0 Å². The van der Waals surface area contributed by atoms with Crippen LogP contribution >= 0.6 is 0 Å². The van der Waals surface area contributed by atoms with E-state index >= 15 is 0 Å². The summed E-state index contributed by atoms with van der Waals surface area (Å²) >= 11 is 0. The Balaban J connectivity index is 1.68. The molecule has 0 aliphatic rings. The minimum atomic E-state index is 0.0220. The number of phenolic OH excluding ortho intramolecular Hbond substituents is 2. The first-order valence-electron chi connectivity index (χ1n) is 15.8. The van der Waals surface area contributed by atoms with Gasteiger partial charge in [0.25, 0.3) is 0 Å². The average Bonchev–Trinajstić information content (AvgIpc) is 3.66. The van der Waals surface area contributed by atoms with Crippen molar-refractivity contribution >= 4 is 22.1 Å². The maximum atomic E-state index is 12.2. The van der Waals surface area contributed by atoms with Gasteiger partial charge in [-0.3, -0.25) is 0 Å². The molecule has 0 amide bonds. The van der Waals surface area contributed by atoms with Crippen molar-refractivity contribution in [2.24, 2.45) is 0 Å². The minimum Gasteiger partial charge on any atom is -0.505 e. The molecule has 0 spiro atoms. The molecule has 6 aromatic rings. The number of aryl methyl sites for hydroxylation is 4. The molecule has 0 radical (unpaired) electrons. The topological polar surface area (TPSA) is 102 Å². The van der Waals surface area contributed by atoms with Gasteiger partial charge in [0.15, 0.2) is 11.5 Å². The molecule has 238 valence electrons. The number of hydrogen-bond acceptors (Lipinski definition) is 6. The molecule has 8 heteroatoms. The van der Waals surface area contributed by atoms with Crippen LogP contribution in [0.4, 0.5) is 0 Å². The van der Waals surface area contributed by atoms with Crippen molar-refractivity contribution in [2.45, 2.75) is 96.9 Å². The first kappa shape index (κ1) is 31.3. The molecule has 4 aromatic carbocycles. The Bertz CT molecular complexity index is 2070. The second-order valence-corrected chi connectivity index (χ2v) is 13.3. The number of benzene rings is 4. The molecule has 46 heavy (non-hydrogen) atoms. The van der Waals surface area contributed by atoms with Crippen LogP contribution < -0.4 is 0 Å². The highest BCUT2D eigenvalue weighted by atomic mass is 16.3. The minimum absolute atomic E-state index is 0.0220. The Labute approximate surface area is 270 Å². The normalized spacial score (nSPS) is 11.9. The van der Waals surface area contributed by atoms with Gasteiger partial charge in [0.05, 0.1) is 0 Å². The predicted octanol–water partition coefficient (Wildman–Crippen LogP) is 8.55. The molecule has 2 aromatic heterocycles. The monoisotopic (exact) mass is 616 g/mol. The third-order valence-corrected chi connectivity index (χ3v) is 11.3. The number of hydrogen-bond donors (Lipinski definition) is 2. The fourth-order valence-electron chi connectivity index (χ4n) is 7.00. The van der Waals surface area contributed by atoms with Crippen molar-refractivity contribution in [1.29, 1.82) is 0 Å². The molecule has 0 bridgehead atoms. The highest BCUT2D eigenvalue weighted by molar-refractivity contribution is 5.90. The standard InChI is InChI=1S/C38H44N6O2/c1-15-16(2)24(10)32-31(23(15)9)39-43(40-32)35-27(13)19(5)21(7)29(37(35)45)30-22(8)20(6)28(14)36(38(30)46)44-41-33-25(11)17(3)18(4)26(12)34(33)42-44/h45-46H,1-14H3. The third kappa shape index (κ3) is 4.05. The summed E-state index contributed by atoms with van der Waals surface area (Å²) in [6.45, 7) is 28.7. The van der Waals surface area contributed by atoms with Crippen LogP contribution in [0.2, 0.25) is 0 Å². The molecule has 0 aliphatic heterocycles. The van der Waals surface area contributed by atoms with E-state index in [1.54, 1.807) is 9.59 Å². The maximum absolute atomic E-state index is 12.2. The van der Waals surface area contributed by atoms with Gasteiger partial charge >= 0.3 is 0 Å². The quantitative estimate of drug-likeness (QED) is 0.207. The lowest BCUT2D eigenvalue weighted by atomic mass is 9.86. The summed E-state index contributed by atoms with van der Waals surface area (Å²) in [6, 6.07) is 0. The Kier molecular flexibility index (Phi) is 7.07. The number of nitrogens with zero attached hydrogens (tertiary/aromatic N) is 6. The fourth-order valence-corrected chi connectivity index (χ4v) is 7.00. The zero-order chi connectivity index (χ0) is 33.8. The SMILES string of the molecule is Cc1c(C)c(-c2c(C)c(C)c(C)c(-n3nc4c(C)c(C)c(C)c(C)c4n3)c2O)c(O)c(-n2nc3c(C)c(C)c(C)c(C)c3n2)c1C. The van der Waals surface area contributed by atoms with E-state index in [2.05, 4.69) is 55.4 Å². The zero-order valence-electron chi connectivity index (χ0n) is 29.6. The molecule has 2 heterocycles. The third-order valence-electron chi connectivity index (χ3n) is 11.3. The molecule has 0 unspecified atom stereocenters. The van der Waals surface area contributed by atoms with Crippen LogP contribution in [-0.2, 0) is 0 Å². The van der Waals surface area contributed by atoms with E-state index in [4.69, 9.17) is 20.4 Å². The van der Waals surface area contributed by atoms with E-state index in [1.165, 1.54) is 22.3 Å². The summed E-state index contributed by atoms with van der Waals surface area (Å²) in [6.07, 6.45) is 0. The Hall–Kier alpha value is -4.72. The summed E-state index contributed by atoms with van der Waals surface area (Å²) < 4.78 is 0. The van der Waals surface area contributed by atoms with Gasteiger partial charge in [-0.1, -0.05) is 0 Å². The molecule has 0 saturated carbocycles. The first-order valence-corrected chi connectivity index (χ1v) is 15.8. The molecular weight excluding hydrogens is 572 g/mol. The lowest BCUT2D eigenvalue weighted by molar-refractivity contribution is 0.460. The summed E-state index contributed by atoms with van der Waals surface area (Å²) in [5.74, 6) is 0.0440. The van der Waals surface area contributed by atoms with E-state index in [9.17, 15) is 10.2 Å². The molecule has 0 fully saturated rings. The van der Waals surface area contributed by atoms with Gasteiger partial charge in [-0.25, -0.2) is 0 Å². The van der Waals surface area contributed by atoms with Crippen molar-refractivity contribution < 1.29 is 10.2 Å². The summed E-state index contributed by atoms with van der Waals surface area (Å²) in [5, 5.41) is 44.2. The number of rotatable bonds is 3. The van der Waals surface area contributed by atoms with Crippen LogP contribution in [0.3, 0.4) is 0 Å². The van der Waals surface area contributed by atoms with Gasteiger partial charge < -0.3 is 10.2 Å². The van der Waals surface area contributed by atoms with Crippen molar-refractivity contribution in [3.8, 4) is 34.0 Å². The van der Waals surface area contributed by atoms with Crippen molar-refractivity contribution in [3.05, 3.63) is 77.9 Å². The number of phenols is 2. The molecule has 0 atom stereocenters. The van der Waals surface area contributed by atoms with Gasteiger partial charge in [-0.15, -0.1) is 30.0 Å². The number of aromatic hydroxyl groups is 2. The van der Waals surface area contributed by atoms with Gasteiger partial charge in [0.1, 0.15) is 33.4 Å². The van der Waals surface area contributed by atoms with Gasteiger partial charge in [0.2, 0.25) is 0 Å². The Morgan fingerprint density at radius 3 is 0.761 bits per heavy atom. The second-order valence-electron chi connectivity index (χ2n) is 13.3.